The molecule has 0 rings (SSSR count). The molecule has 0 N–H and O–H groups in total. The molecule has 0 unspecified atom stereocenters. The van der Waals surface area contributed by atoms with E-state index in [9.17, 15) is 0 Å². The third kappa shape index (κ3) is 15.5. The lowest BCUT2D eigenvalue weighted by Gasteiger charge is -1.99. The first-order valence-electron chi connectivity index (χ1n) is 7.51. The van der Waals surface area contributed by atoms with Crippen LogP contribution in [-0.4, -0.2) is 0 Å². The molecule has 0 saturated carbocycles. The Balaban J connectivity index is 3.01. The van der Waals surface area contributed by atoms with Crippen LogP contribution >= 0.6 is 0 Å². The molecule has 0 aromatic rings. The van der Waals surface area contributed by atoms with E-state index < -0.39 is 0 Å². The van der Waals surface area contributed by atoms with Gasteiger partial charge >= 0.3 is 0 Å². The van der Waals surface area contributed by atoms with Crippen molar-refractivity contribution in [2.45, 2.75) is 77.6 Å². The fraction of sp³-hybridized carbons (Fsp3) is 0.706. The molecule has 17 heavy (non-hydrogen) atoms. The van der Waals surface area contributed by atoms with E-state index in [1.165, 1.54) is 57.8 Å². The number of rotatable bonds is 12. The van der Waals surface area contributed by atoms with Crippen molar-refractivity contribution in [2.24, 2.45) is 0 Å². The maximum absolute atomic E-state index is 3.82. The van der Waals surface area contributed by atoms with E-state index >= 15 is 0 Å². The predicted molar refractivity (Wildman–Crippen MR) is 80.1 cm³/mol. The zero-order valence-electron chi connectivity index (χ0n) is 11.8. The Morgan fingerprint density at radius 2 is 1.12 bits per heavy atom. The summed E-state index contributed by atoms with van der Waals surface area (Å²) in [5.41, 5.74) is 0. The fourth-order valence-corrected chi connectivity index (χ4v) is 1.87. The third-order valence-corrected chi connectivity index (χ3v) is 2.93. The largest absolute Gasteiger partial charge is 0.0888 e. The topological polar surface area (TPSA) is 0 Å². The van der Waals surface area contributed by atoms with E-state index in [1.54, 1.807) is 0 Å². The van der Waals surface area contributed by atoms with Crippen LogP contribution in [0.4, 0.5) is 0 Å². The number of allylic oxidation sites excluding steroid dienone is 4. The molecular formula is C17H31. The molecule has 0 nitrogen and oxygen atoms in total. The minimum absolute atomic E-state index is 1.03. The highest BCUT2D eigenvalue weighted by atomic mass is 14.0. The lowest BCUT2D eigenvalue weighted by atomic mass is 10.1. The summed E-state index contributed by atoms with van der Waals surface area (Å²) in [5.74, 6) is 0. The second kappa shape index (κ2) is 15.5. The normalized spacial score (nSPS) is 11.9. The van der Waals surface area contributed by atoms with Gasteiger partial charge in [0.15, 0.2) is 0 Å². The van der Waals surface area contributed by atoms with Gasteiger partial charge in [0.2, 0.25) is 0 Å². The molecule has 0 heteroatoms. The molecule has 0 spiro atoms. The summed E-state index contributed by atoms with van der Waals surface area (Å²) in [5, 5.41) is 0. The van der Waals surface area contributed by atoms with E-state index in [0.717, 1.165) is 12.8 Å². The van der Waals surface area contributed by atoms with Gasteiger partial charge in [-0.25, -0.2) is 0 Å². The third-order valence-electron chi connectivity index (χ3n) is 2.93. The molecule has 1 radical (unpaired) electrons. The highest BCUT2D eigenvalue weighted by molar-refractivity contribution is 4.81. The molecule has 0 aliphatic rings. The Bertz CT molecular complexity index is 176. The van der Waals surface area contributed by atoms with Gasteiger partial charge in [-0.2, -0.15) is 0 Å². The van der Waals surface area contributed by atoms with Crippen molar-refractivity contribution >= 4 is 0 Å². The van der Waals surface area contributed by atoms with Crippen LogP contribution in [-0.2, 0) is 0 Å². The Hall–Kier alpha value is -0.520. The zero-order chi connectivity index (χ0) is 12.6. The lowest BCUT2D eigenvalue weighted by molar-refractivity contribution is 0.599. The lowest BCUT2D eigenvalue weighted by Crippen LogP contribution is -1.79. The second-order valence-electron chi connectivity index (χ2n) is 4.69. The fourth-order valence-electron chi connectivity index (χ4n) is 1.87. The van der Waals surface area contributed by atoms with Crippen LogP contribution in [0.2, 0.25) is 0 Å². The molecule has 0 atom stereocenters. The molecule has 0 saturated heterocycles. The van der Waals surface area contributed by atoms with Crippen molar-refractivity contribution in [1.29, 1.82) is 0 Å². The Kier molecular flexibility index (Phi) is 15.0. The summed E-state index contributed by atoms with van der Waals surface area (Å²) in [6, 6.07) is 0. The first-order valence-corrected chi connectivity index (χ1v) is 7.51. The monoisotopic (exact) mass is 235 g/mol. The molecule has 0 amide bonds. The van der Waals surface area contributed by atoms with Crippen LogP contribution < -0.4 is 0 Å². The zero-order valence-corrected chi connectivity index (χ0v) is 11.8. The summed E-state index contributed by atoms with van der Waals surface area (Å²) in [7, 11) is 0. The van der Waals surface area contributed by atoms with Crippen molar-refractivity contribution in [2.75, 3.05) is 0 Å². The number of hydrogen-bond acceptors (Lipinski definition) is 0. The van der Waals surface area contributed by atoms with Crippen LogP contribution in [0.3, 0.4) is 0 Å². The number of unbranched alkanes of at least 4 members (excludes halogenated alkanes) is 8. The Morgan fingerprint density at radius 3 is 1.65 bits per heavy atom. The summed E-state index contributed by atoms with van der Waals surface area (Å²) >= 11 is 0. The van der Waals surface area contributed by atoms with E-state index in [2.05, 4.69) is 38.2 Å². The SMILES string of the molecule is [CH2]CC/C=C/CCCCCCCC/C=C/CC. The van der Waals surface area contributed by atoms with Gasteiger partial charge in [-0.3, -0.25) is 0 Å². The first-order chi connectivity index (χ1) is 8.41. The molecule has 0 bridgehead atoms. The Labute approximate surface area is 109 Å². The van der Waals surface area contributed by atoms with Gasteiger partial charge in [0.05, 0.1) is 0 Å². The summed E-state index contributed by atoms with van der Waals surface area (Å²) in [6.07, 6.45) is 23.5. The standard InChI is InChI=1S/C17H31/c1-3-5-7-9-11-13-15-17-16-14-12-10-8-6-4-2/h6-9H,1,3-5,10-17H2,2H3/b8-6+,9-7+. The van der Waals surface area contributed by atoms with Gasteiger partial charge in [-0.1, -0.05) is 63.8 Å². The minimum atomic E-state index is 1.03. The summed E-state index contributed by atoms with van der Waals surface area (Å²) in [6.45, 7) is 6.02. The number of hydrogen-bond donors (Lipinski definition) is 0. The molecule has 99 valence electrons. The van der Waals surface area contributed by atoms with E-state index in [0.29, 0.717) is 0 Å². The molecule has 0 aromatic heterocycles. The van der Waals surface area contributed by atoms with Gasteiger partial charge in [0.25, 0.3) is 0 Å². The van der Waals surface area contributed by atoms with Gasteiger partial charge in [-0.15, -0.1) is 0 Å². The van der Waals surface area contributed by atoms with Crippen molar-refractivity contribution < 1.29 is 0 Å². The van der Waals surface area contributed by atoms with Crippen LogP contribution in [0.15, 0.2) is 24.3 Å². The van der Waals surface area contributed by atoms with Crippen molar-refractivity contribution in [3.05, 3.63) is 31.2 Å². The second-order valence-corrected chi connectivity index (χ2v) is 4.69. The van der Waals surface area contributed by atoms with Crippen LogP contribution in [0.5, 0.6) is 0 Å². The first kappa shape index (κ1) is 16.5. The van der Waals surface area contributed by atoms with Crippen molar-refractivity contribution in [3.63, 3.8) is 0 Å². The van der Waals surface area contributed by atoms with Gasteiger partial charge in [0, 0.05) is 0 Å². The molecule has 0 heterocycles. The van der Waals surface area contributed by atoms with Gasteiger partial charge in [0.1, 0.15) is 0 Å². The van der Waals surface area contributed by atoms with Gasteiger partial charge < -0.3 is 0 Å². The summed E-state index contributed by atoms with van der Waals surface area (Å²) in [4.78, 5) is 0. The smallest absolute Gasteiger partial charge is 0.0351 e. The maximum Gasteiger partial charge on any atom is -0.0351 e. The average Bonchev–Trinajstić information content (AvgIpc) is 2.35. The van der Waals surface area contributed by atoms with Gasteiger partial charge in [-0.05, 0) is 44.9 Å². The Morgan fingerprint density at radius 1 is 0.647 bits per heavy atom. The van der Waals surface area contributed by atoms with E-state index in [-0.39, 0.29) is 0 Å². The van der Waals surface area contributed by atoms with Crippen LogP contribution in [0, 0.1) is 6.92 Å². The highest BCUT2D eigenvalue weighted by Gasteiger charge is 1.89. The molecule has 0 fully saturated rings. The summed E-state index contributed by atoms with van der Waals surface area (Å²) < 4.78 is 0. The average molecular weight is 235 g/mol. The van der Waals surface area contributed by atoms with E-state index in [1.807, 2.05) is 0 Å². The van der Waals surface area contributed by atoms with E-state index in [4.69, 9.17) is 0 Å². The highest BCUT2D eigenvalue weighted by Crippen LogP contribution is 2.09. The van der Waals surface area contributed by atoms with Crippen LogP contribution in [0.25, 0.3) is 0 Å². The van der Waals surface area contributed by atoms with Crippen molar-refractivity contribution in [1.82, 2.24) is 0 Å². The van der Waals surface area contributed by atoms with Crippen molar-refractivity contribution in [3.8, 4) is 0 Å². The minimum Gasteiger partial charge on any atom is -0.0888 e. The molecule has 0 aliphatic heterocycles. The van der Waals surface area contributed by atoms with Crippen LogP contribution in [0.1, 0.15) is 77.6 Å². The maximum atomic E-state index is 3.82. The quantitative estimate of drug-likeness (QED) is 0.277. The molecule has 0 aliphatic carbocycles. The molecule has 0 aromatic carbocycles. The predicted octanol–water partition coefficient (Wildman–Crippen LogP) is 6.24. The molecular weight excluding hydrogens is 204 g/mol.